The fourth-order valence-corrected chi connectivity index (χ4v) is 1.46. The Balaban J connectivity index is 2.84. The maximum atomic E-state index is 10.6. The Kier molecular flexibility index (Phi) is 5.15. The smallest absolute Gasteiger partial charge is 0.270 e. The molecule has 0 spiro atoms. The third-order valence-electron chi connectivity index (χ3n) is 2.38. The van der Waals surface area contributed by atoms with Crippen LogP contribution in [-0.4, -0.2) is 16.6 Å². The Bertz CT molecular complexity index is 463. The molecule has 0 unspecified atom stereocenters. The predicted octanol–water partition coefficient (Wildman–Crippen LogP) is 2.44. The Morgan fingerprint density at radius 1 is 1.61 bits per heavy atom. The topological polar surface area (TPSA) is 72.6 Å². The van der Waals surface area contributed by atoms with E-state index in [1.807, 2.05) is 0 Å². The van der Waals surface area contributed by atoms with Crippen LogP contribution in [0.25, 0.3) is 0 Å². The van der Waals surface area contributed by atoms with Gasteiger partial charge < -0.3 is 9.84 Å². The van der Waals surface area contributed by atoms with Gasteiger partial charge in [-0.1, -0.05) is 0 Å². The molecule has 5 heteroatoms. The largest absolute Gasteiger partial charge is 0.493 e. The summed E-state index contributed by atoms with van der Waals surface area (Å²) in [6.07, 6.45) is 5.60. The number of nitro groups is 1. The number of non-ortho nitro benzene ring substituents is 1. The summed E-state index contributed by atoms with van der Waals surface area (Å²) in [7, 11) is 0. The summed E-state index contributed by atoms with van der Waals surface area (Å²) in [5, 5.41) is 20.2. The van der Waals surface area contributed by atoms with Crippen LogP contribution in [0.1, 0.15) is 31.4 Å². The number of terminal acetylenes is 1. The van der Waals surface area contributed by atoms with Crippen molar-refractivity contribution in [3.05, 3.63) is 33.9 Å². The monoisotopic (exact) mass is 249 g/mol. The molecule has 1 N–H and O–H groups in total. The van der Waals surface area contributed by atoms with Crippen LogP contribution in [0.2, 0.25) is 0 Å². The first-order valence-corrected chi connectivity index (χ1v) is 5.59. The van der Waals surface area contributed by atoms with E-state index in [2.05, 4.69) is 5.92 Å². The standard InChI is InChI=1S/C13H15NO4/c1-3-4-5-8-18-13-7-6-11(14(16)17)9-12(13)10(2)15/h1,6-7,9-10,15H,4-5,8H2,2H3/t10-/m0/s1. The van der Waals surface area contributed by atoms with Crippen molar-refractivity contribution < 1.29 is 14.8 Å². The van der Waals surface area contributed by atoms with E-state index in [0.29, 0.717) is 30.8 Å². The number of benzene rings is 1. The van der Waals surface area contributed by atoms with E-state index in [0.717, 1.165) is 0 Å². The highest BCUT2D eigenvalue weighted by atomic mass is 16.6. The van der Waals surface area contributed by atoms with Gasteiger partial charge in [-0.3, -0.25) is 10.1 Å². The number of hydrogen-bond donors (Lipinski definition) is 1. The zero-order chi connectivity index (χ0) is 13.5. The summed E-state index contributed by atoms with van der Waals surface area (Å²) in [4.78, 5) is 10.1. The lowest BCUT2D eigenvalue weighted by molar-refractivity contribution is -0.385. The first kappa shape index (κ1) is 14.0. The van der Waals surface area contributed by atoms with E-state index in [-0.39, 0.29) is 5.69 Å². The van der Waals surface area contributed by atoms with Gasteiger partial charge in [-0.05, 0) is 19.4 Å². The number of nitrogens with zero attached hydrogens (tertiary/aromatic N) is 1. The Labute approximate surface area is 106 Å². The quantitative estimate of drug-likeness (QED) is 0.364. The van der Waals surface area contributed by atoms with Crippen molar-refractivity contribution in [2.45, 2.75) is 25.9 Å². The normalized spacial score (nSPS) is 11.6. The third kappa shape index (κ3) is 3.75. The average Bonchev–Trinajstić information content (AvgIpc) is 2.34. The van der Waals surface area contributed by atoms with E-state index < -0.39 is 11.0 Å². The lowest BCUT2D eigenvalue weighted by Gasteiger charge is -2.12. The summed E-state index contributed by atoms with van der Waals surface area (Å²) in [5.41, 5.74) is 0.340. The molecule has 0 aromatic heterocycles. The molecule has 0 saturated carbocycles. The number of rotatable bonds is 6. The van der Waals surface area contributed by atoms with Gasteiger partial charge in [0.25, 0.3) is 5.69 Å². The second kappa shape index (κ2) is 6.62. The number of ether oxygens (including phenoxy) is 1. The molecule has 1 aromatic carbocycles. The van der Waals surface area contributed by atoms with Gasteiger partial charge in [-0.2, -0.15) is 0 Å². The molecular weight excluding hydrogens is 234 g/mol. The van der Waals surface area contributed by atoms with Gasteiger partial charge in [0.05, 0.1) is 17.6 Å². The molecule has 0 radical (unpaired) electrons. The van der Waals surface area contributed by atoms with Crippen molar-refractivity contribution >= 4 is 5.69 Å². The SMILES string of the molecule is C#CCCCOc1ccc([N+](=O)[O-])cc1[C@H](C)O. The van der Waals surface area contributed by atoms with Gasteiger partial charge in [-0.15, -0.1) is 12.3 Å². The highest BCUT2D eigenvalue weighted by molar-refractivity contribution is 5.44. The highest BCUT2D eigenvalue weighted by Gasteiger charge is 2.15. The molecule has 0 aliphatic heterocycles. The van der Waals surface area contributed by atoms with Gasteiger partial charge >= 0.3 is 0 Å². The van der Waals surface area contributed by atoms with Crippen LogP contribution in [0, 0.1) is 22.5 Å². The number of nitro benzene ring substituents is 1. The first-order valence-electron chi connectivity index (χ1n) is 5.59. The molecule has 0 aliphatic carbocycles. The van der Waals surface area contributed by atoms with Crippen LogP contribution in [0.3, 0.4) is 0 Å². The average molecular weight is 249 g/mol. The summed E-state index contributed by atoms with van der Waals surface area (Å²) in [6.45, 7) is 1.95. The van der Waals surface area contributed by atoms with E-state index >= 15 is 0 Å². The lowest BCUT2D eigenvalue weighted by Crippen LogP contribution is -2.03. The van der Waals surface area contributed by atoms with Crippen LogP contribution in [0.5, 0.6) is 5.75 Å². The maximum Gasteiger partial charge on any atom is 0.270 e. The molecule has 0 amide bonds. The van der Waals surface area contributed by atoms with E-state index in [9.17, 15) is 15.2 Å². The molecule has 1 aromatic rings. The molecule has 0 heterocycles. The minimum Gasteiger partial charge on any atom is -0.493 e. The summed E-state index contributed by atoms with van der Waals surface area (Å²) >= 11 is 0. The van der Waals surface area contributed by atoms with Crippen LogP contribution >= 0.6 is 0 Å². The van der Waals surface area contributed by atoms with E-state index in [4.69, 9.17) is 11.2 Å². The summed E-state index contributed by atoms with van der Waals surface area (Å²) in [5.74, 6) is 2.95. The van der Waals surface area contributed by atoms with Gasteiger partial charge in [0.1, 0.15) is 5.75 Å². The number of hydrogen-bond acceptors (Lipinski definition) is 4. The lowest BCUT2D eigenvalue weighted by atomic mass is 10.1. The predicted molar refractivity (Wildman–Crippen MR) is 67.3 cm³/mol. The number of unbranched alkanes of at least 4 members (excludes halogenated alkanes) is 1. The molecule has 5 nitrogen and oxygen atoms in total. The minimum absolute atomic E-state index is 0.0677. The molecule has 0 bridgehead atoms. The fourth-order valence-electron chi connectivity index (χ4n) is 1.46. The summed E-state index contributed by atoms with van der Waals surface area (Å²) in [6, 6.07) is 4.17. The second-order valence-corrected chi connectivity index (χ2v) is 3.81. The molecule has 0 fully saturated rings. The molecule has 96 valence electrons. The Morgan fingerprint density at radius 3 is 2.89 bits per heavy atom. The molecule has 1 rings (SSSR count). The van der Waals surface area contributed by atoms with Gasteiger partial charge in [0, 0.05) is 24.1 Å². The third-order valence-corrected chi connectivity index (χ3v) is 2.38. The van der Waals surface area contributed by atoms with Gasteiger partial charge in [-0.25, -0.2) is 0 Å². The minimum atomic E-state index is -0.826. The van der Waals surface area contributed by atoms with Crippen molar-refractivity contribution in [3.63, 3.8) is 0 Å². The Hall–Kier alpha value is -2.06. The second-order valence-electron chi connectivity index (χ2n) is 3.81. The zero-order valence-corrected chi connectivity index (χ0v) is 10.1. The van der Waals surface area contributed by atoms with Crippen molar-refractivity contribution in [2.75, 3.05) is 6.61 Å². The molecule has 1 atom stereocenters. The van der Waals surface area contributed by atoms with Crippen LogP contribution in [0.4, 0.5) is 5.69 Å². The summed E-state index contributed by atoms with van der Waals surface area (Å²) < 4.78 is 5.46. The highest BCUT2D eigenvalue weighted by Crippen LogP contribution is 2.29. The number of aliphatic hydroxyl groups is 1. The Morgan fingerprint density at radius 2 is 2.33 bits per heavy atom. The van der Waals surface area contributed by atoms with Gasteiger partial charge in [0.2, 0.25) is 0 Å². The first-order chi connectivity index (χ1) is 8.56. The van der Waals surface area contributed by atoms with Crippen molar-refractivity contribution in [1.29, 1.82) is 0 Å². The molecule has 18 heavy (non-hydrogen) atoms. The molecule has 0 saturated heterocycles. The fraction of sp³-hybridized carbons (Fsp3) is 0.385. The molecular formula is C13H15NO4. The van der Waals surface area contributed by atoms with Crippen molar-refractivity contribution in [3.8, 4) is 18.1 Å². The van der Waals surface area contributed by atoms with Crippen LogP contribution in [-0.2, 0) is 0 Å². The van der Waals surface area contributed by atoms with Crippen LogP contribution in [0.15, 0.2) is 18.2 Å². The van der Waals surface area contributed by atoms with Crippen molar-refractivity contribution in [2.24, 2.45) is 0 Å². The van der Waals surface area contributed by atoms with Crippen LogP contribution < -0.4 is 4.74 Å². The number of aliphatic hydroxyl groups excluding tert-OH is 1. The van der Waals surface area contributed by atoms with E-state index in [1.54, 1.807) is 0 Å². The maximum absolute atomic E-state index is 10.6. The van der Waals surface area contributed by atoms with Gasteiger partial charge in [0.15, 0.2) is 0 Å². The zero-order valence-electron chi connectivity index (χ0n) is 10.1. The van der Waals surface area contributed by atoms with E-state index in [1.165, 1.54) is 25.1 Å². The molecule has 0 aliphatic rings. The van der Waals surface area contributed by atoms with Crippen molar-refractivity contribution in [1.82, 2.24) is 0 Å².